The molecular formula is C8H22NTi-5. The van der Waals surface area contributed by atoms with Gasteiger partial charge in [-0.2, -0.15) is 6.54 Å². The minimum atomic E-state index is 0. The first kappa shape index (κ1) is 45.7. The van der Waals surface area contributed by atoms with Crippen LogP contribution in [0.15, 0.2) is 0 Å². The molecule has 2 heteroatoms. The third-order valence-electron chi connectivity index (χ3n) is 0.530. The van der Waals surface area contributed by atoms with E-state index < -0.39 is 0 Å². The van der Waals surface area contributed by atoms with E-state index in [1.54, 1.807) is 0 Å². The van der Waals surface area contributed by atoms with Gasteiger partial charge in [-0.05, 0) is 0 Å². The molecule has 1 N–H and O–H groups in total. The molecule has 0 bridgehead atoms. The second-order valence-corrected chi connectivity index (χ2v) is 1.10. The number of unbranched alkanes of at least 4 members (excludes halogenated alkanes) is 1. The van der Waals surface area contributed by atoms with Crippen molar-refractivity contribution in [2.45, 2.75) is 19.8 Å². The fraction of sp³-hybridized carbons (Fsp3) is 0.500. The zero-order valence-electron chi connectivity index (χ0n) is 8.12. The predicted octanol–water partition coefficient (Wildman–Crippen LogP) is 3.64. The first-order valence-corrected chi connectivity index (χ1v) is 2.06. The van der Waals surface area contributed by atoms with E-state index in [0.29, 0.717) is 6.54 Å². The minimum Gasteiger partial charge on any atom is -0.677 e. The molecule has 1 nitrogen and oxygen atoms in total. The van der Waals surface area contributed by atoms with Gasteiger partial charge in [-0.3, -0.25) is 0 Å². The fourth-order valence-electron chi connectivity index (χ4n) is 0.177. The third-order valence-corrected chi connectivity index (χ3v) is 0.530. The van der Waals surface area contributed by atoms with Crippen LogP contribution >= 0.6 is 0 Å². The maximum absolute atomic E-state index is 6.60. The van der Waals surface area contributed by atoms with Gasteiger partial charge >= 0.3 is 0 Å². The molecule has 68 valence electrons. The molecule has 0 aliphatic heterocycles. The Morgan fingerprint density at radius 1 is 1.00 bits per heavy atom. The topological polar surface area (TPSA) is 23.8 Å². The summed E-state index contributed by atoms with van der Waals surface area (Å²) in [6.45, 7) is 2.69. The van der Waals surface area contributed by atoms with Crippen LogP contribution in [0.2, 0.25) is 0 Å². The molecule has 0 aliphatic rings. The molecule has 0 heterocycles. The molecule has 0 amide bonds. The molecule has 0 spiro atoms. The van der Waals surface area contributed by atoms with Crippen molar-refractivity contribution in [1.82, 2.24) is 0 Å². The van der Waals surface area contributed by atoms with Crippen LogP contribution in [-0.4, -0.2) is 6.54 Å². The van der Waals surface area contributed by atoms with E-state index in [-0.39, 0.29) is 51.4 Å². The first-order valence-electron chi connectivity index (χ1n) is 2.06. The molecule has 0 atom stereocenters. The van der Waals surface area contributed by atoms with E-state index in [0.717, 1.165) is 12.8 Å². The van der Waals surface area contributed by atoms with E-state index in [1.807, 2.05) is 0 Å². The van der Waals surface area contributed by atoms with E-state index in [2.05, 4.69) is 6.92 Å². The van der Waals surface area contributed by atoms with E-state index in [4.69, 9.17) is 5.73 Å². The van der Waals surface area contributed by atoms with Crippen molar-refractivity contribution in [3.05, 3.63) is 35.4 Å². The van der Waals surface area contributed by atoms with Crippen molar-refractivity contribution in [2.75, 3.05) is 6.54 Å². The molecule has 0 aromatic carbocycles. The summed E-state index contributed by atoms with van der Waals surface area (Å²) in [5.41, 5.74) is 6.60. The smallest absolute Gasteiger partial charge is 0 e. The normalized spacial score (nSPS) is 4.20. The van der Waals surface area contributed by atoms with Crippen LogP contribution in [0.25, 0.3) is 5.73 Å². The van der Waals surface area contributed by atoms with Crippen molar-refractivity contribution < 1.29 is 21.7 Å². The summed E-state index contributed by atoms with van der Waals surface area (Å²) in [7, 11) is 0. The fourth-order valence-corrected chi connectivity index (χ4v) is 0.177. The Hall–Kier alpha value is 0.674. The van der Waals surface area contributed by atoms with Gasteiger partial charge in [0.25, 0.3) is 0 Å². The quantitative estimate of drug-likeness (QED) is 0.457. The van der Waals surface area contributed by atoms with Crippen molar-refractivity contribution in [3.8, 4) is 0 Å². The Labute approximate surface area is 83.7 Å². The van der Waals surface area contributed by atoms with Gasteiger partial charge in [0.2, 0.25) is 0 Å². The van der Waals surface area contributed by atoms with E-state index in [9.17, 15) is 0 Å². The van der Waals surface area contributed by atoms with Gasteiger partial charge in [0.05, 0.1) is 0 Å². The monoisotopic (exact) mass is 180 g/mol. The summed E-state index contributed by atoms with van der Waals surface area (Å²) < 4.78 is 0. The standard InChI is InChI=1S/C4H10N.4CH3.Ti/c1-2-3-4-5;;;;;/h5H,2-4H2,1H3;4*1H3;/q5*-1;. The molecular weight excluding hydrogens is 158 g/mol. The molecule has 0 aromatic rings. The molecule has 0 fully saturated rings. The molecule has 10 heavy (non-hydrogen) atoms. The van der Waals surface area contributed by atoms with Crippen LogP contribution in [0.3, 0.4) is 0 Å². The molecule has 0 aromatic heterocycles. The van der Waals surface area contributed by atoms with Crippen molar-refractivity contribution >= 4 is 0 Å². The van der Waals surface area contributed by atoms with Crippen LogP contribution in [-0.2, 0) is 21.7 Å². The Morgan fingerprint density at radius 2 is 1.30 bits per heavy atom. The van der Waals surface area contributed by atoms with Gasteiger partial charge in [0.15, 0.2) is 0 Å². The molecule has 0 aliphatic carbocycles. The van der Waals surface area contributed by atoms with Crippen molar-refractivity contribution in [3.63, 3.8) is 0 Å². The number of hydrogen-bond donors (Lipinski definition) is 0. The summed E-state index contributed by atoms with van der Waals surface area (Å²) in [6.07, 6.45) is 2.21. The number of hydrogen-bond acceptors (Lipinski definition) is 0. The second-order valence-electron chi connectivity index (χ2n) is 1.10. The van der Waals surface area contributed by atoms with Gasteiger partial charge in [-0.15, -0.1) is 0 Å². The molecule has 0 saturated carbocycles. The third kappa shape index (κ3) is 71.4. The average molecular weight is 180 g/mol. The summed E-state index contributed by atoms with van der Waals surface area (Å²) in [5, 5.41) is 0. The SMILES string of the molecule is CCCC[NH-].[CH3-].[CH3-].[CH3-].[CH3-].[Ti]. The van der Waals surface area contributed by atoms with Crippen LogP contribution in [0.4, 0.5) is 0 Å². The number of nitrogens with one attached hydrogen (secondary N) is 1. The van der Waals surface area contributed by atoms with Crippen LogP contribution in [0.1, 0.15) is 19.8 Å². The summed E-state index contributed by atoms with van der Waals surface area (Å²) in [5.74, 6) is 0. The van der Waals surface area contributed by atoms with Crippen LogP contribution in [0.5, 0.6) is 0 Å². The van der Waals surface area contributed by atoms with Crippen molar-refractivity contribution in [1.29, 1.82) is 0 Å². The molecule has 0 radical (unpaired) electrons. The largest absolute Gasteiger partial charge is 0.677 e. The minimum absolute atomic E-state index is 0. The van der Waals surface area contributed by atoms with Gasteiger partial charge in [-0.25, -0.2) is 0 Å². The molecule has 0 rings (SSSR count). The Morgan fingerprint density at radius 3 is 1.30 bits per heavy atom. The van der Waals surface area contributed by atoms with Crippen LogP contribution in [0, 0.1) is 29.7 Å². The maximum atomic E-state index is 6.60. The zero-order valence-corrected chi connectivity index (χ0v) is 9.68. The molecule has 0 saturated heterocycles. The maximum Gasteiger partial charge on any atom is 0 e. The van der Waals surface area contributed by atoms with E-state index >= 15 is 0 Å². The Kier molecular flexibility index (Phi) is 247. The van der Waals surface area contributed by atoms with Gasteiger partial charge in [0, 0.05) is 21.7 Å². The van der Waals surface area contributed by atoms with Gasteiger partial charge < -0.3 is 35.4 Å². The first-order chi connectivity index (χ1) is 2.41. The Bertz CT molecular complexity index is 16.7. The number of rotatable bonds is 2. The van der Waals surface area contributed by atoms with Crippen LogP contribution < -0.4 is 0 Å². The summed E-state index contributed by atoms with van der Waals surface area (Å²) in [4.78, 5) is 0. The summed E-state index contributed by atoms with van der Waals surface area (Å²) >= 11 is 0. The summed E-state index contributed by atoms with van der Waals surface area (Å²) in [6, 6.07) is 0. The predicted molar refractivity (Wildman–Crippen MR) is 49.8 cm³/mol. The molecule has 0 unspecified atom stereocenters. The van der Waals surface area contributed by atoms with E-state index in [1.165, 1.54) is 0 Å². The second kappa shape index (κ2) is 53.9. The van der Waals surface area contributed by atoms with Crippen molar-refractivity contribution in [2.24, 2.45) is 0 Å². The average Bonchev–Trinajstić information content (AvgIpc) is 1.41. The Balaban J connectivity index is -0.00000000800. The van der Waals surface area contributed by atoms with Gasteiger partial charge in [-0.1, -0.05) is 19.8 Å². The zero-order chi connectivity index (χ0) is 4.12. The van der Waals surface area contributed by atoms with Gasteiger partial charge in [0.1, 0.15) is 0 Å².